The molecule has 17 heavy (non-hydrogen) atoms. The van der Waals surface area contributed by atoms with E-state index in [4.69, 9.17) is 5.73 Å². The smallest absolute Gasteiger partial charge is 0.247 e. The van der Waals surface area contributed by atoms with Crippen molar-refractivity contribution in [2.75, 3.05) is 5.32 Å². The van der Waals surface area contributed by atoms with Crippen LogP contribution in [-0.2, 0) is 17.9 Å². The summed E-state index contributed by atoms with van der Waals surface area (Å²) in [6, 6.07) is 0. The summed E-state index contributed by atoms with van der Waals surface area (Å²) in [7, 11) is 0. The van der Waals surface area contributed by atoms with E-state index in [2.05, 4.69) is 25.8 Å². The molecule has 2 aromatic heterocycles. The summed E-state index contributed by atoms with van der Waals surface area (Å²) in [6.45, 7) is 2.20. The molecule has 3 N–H and O–H groups in total. The van der Waals surface area contributed by atoms with Crippen LogP contribution in [0, 0.1) is 6.92 Å². The Morgan fingerprint density at radius 2 is 2.35 bits per heavy atom. The molecule has 0 aliphatic heterocycles. The van der Waals surface area contributed by atoms with E-state index in [-0.39, 0.29) is 12.5 Å². The van der Waals surface area contributed by atoms with Crippen LogP contribution in [0.15, 0.2) is 6.20 Å². The molecule has 0 saturated carbocycles. The van der Waals surface area contributed by atoms with Crippen molar-refractivity contribution in [3.05, 3.63) is 16.9 Å². The first-order valence-corrected chi connectivity index (χ1v) is 5.68. The highest BCUT2D eigenvalue weighted by atomic mass is 32.1. The maximum atomic E-state index is 11.6. The first kappa shape index (κ1) is 11.6. The largest absolute Gasteiger partial charge is 0.325 e. The fraction of sp³-hybridized carbons (Fsp3) is 0.375. The van der Waals surface area contributed by atoms with Crippen LogP contribution >= 0.6 is 11.3 Å². The standard InChI is InChI=1S/C8H11N7OS/c1-5-11-13-8(17-5)10-7(16)4-15-3-6(2-9)12-14-15/h3H,2,4,9H2,1H3,(H,10,13,16). The van der Waals surface area contributed by atoms with Gasteiger partial charge in [0, 0.05) is 6.54 Å². The van der Waals surface area contributed by atoms with Crippen molar-refractivity contribution in [1.82, 2.24) is 25.2 Å². The Balaban J connectivity index is 1.93. The average Bonchev–Trinajstić information content (AvgIpc) is 2.88. The van der Waals surface area contributed by atoms with Gasteiger partial charge in [0.2, 0.25) is 11.0 Å². The van der Waals surface area contributed by atoms with Crippen LogP contribution in [-0.4, -0.2) is 31.1 Å². The summed E-state index contributed by atoms with van der Waals surface area (Å²) in [5.41, 5.74) is 6.03. The number of aromatic nitrogens is 5. The van der Waals surface area contributed by atoms with Gasteiger partial charge < -0.3 is 5.73 Å². The number of aryl methyl sites for hydroxylation is 1. The van der Waals surface area contributed by atoms with Crippen LogP contribution in [0.1, 0.15) is 10.7 Å². The molecule has 0 aromatic carbocycles. The molecule has 0 spiro atoms. The Morgan fingerprint density at radius 3 is 2.94 bits per heavy atom. The normalized spacial score (nSPS) is 10.5. The SMILES string of the molecule is Cc1nnc(NC(=O)Cn2cc(CN)nn2)s1. The second-order valence-electron chi connectivity index (χ2n) is 3.29. The number of nitrogens with zero attached hydrogens (tertiary/aromatic N) is 5. The zero-order valence-electron chi connectivity index (χ0n) is 9.12. The number of nitrogens with two attached hydrogens (primary N) is 1. The molecule has 2 heterocycles. The molecule has 2 aromatic rings. The van der Waals surface area contributed by atoms with E-state index in [0.29, 0.717) is 17.4 Å². The van der Waals surface area contributed by atoms with E-state index >= 15 is 0 Å². The lowest BCUT2D eigenvalue weighted by atomic mass is 10.5. The second kappa shape index (κ2) is 4.97. The molecule has 0 fully saturated rings. The Bertz CT molecular complexity index is 519. The van der Waals surface area contributed by atoms with E-state index in [9.17, 15) is 4.79 Å². The topological polar surface area (TPSA) is 112 Å². The lowest BCUT2D eigenvalue weighted by Crippen LogP contribution is -2.19. The number of carbonyl (C=O) groups excluding carboxylic acids is 1. The first-order chi connectivity index (χ1) is 8.17. The minimum atomic E-state index is -0.227. The van der Waals surface area contributed by atoms with Crippen molar-refractivity contribution in [2.24, 2.45) is 5.73 Å². The van der Waals surface area contributed by atoms with E-state index in [1.807, 2.05) is 6.92 Å². The zero-order chi connectivity index (χ0) is 12.3. The van der Waals surface area contributed by atoms with Gasteiger partial charge in [-0.05, 0) is 6.92 Å². The molecule has 1 amide bonds. The summed E-state index contributed by atoms with van der Waals surface area (Å²) in [6.07, 6.45) is 1.63. The maximum absolute atomic E-state index is 11.6. The number of carbonyl (C=O) groups is 1. The number of anilines is 1. The third-order valence-corrected chi connectivity index (χ3v) is 2.63. The fourth-order valence-electron chi connectivity index (χ4n) is 1.16. The minimum Gasteiger partial charge on any atom is -0.325 e. The molecule has 9 heteroatoms. The average molecular weight is 253 g/mol. The number of amides is 1. The van der Waals surface area contributed by atoms with Gasteiger partial charge in [0.05, 0.1) is 11.9 Å². The predicted molar refractivity (Wildman–Crippen MR) is 61.2 cm³/mol. The zero-order valence-corrected chi connectivity index (χ0v) is 9.94. The predicted octanol–water partition coefficient (Wildman–Crippen LogP) is -0.465. The molecule has 0 aliphatic rings. The summed E-state index contributed by atoms with van der Waals surface area (Å²) in [5.74, 6) is -0.227. The lowest BCUT2D eigenvalue weighted by Gasteiger charge is -1.99. The van der Waals surface area contributed by atoms with E-state index in [0.717, 1.165) is 5.01 Å². The van der Waals surface area contributed by atoms with Crippen molar-refractivity contribution in [3.63, 3.8) is 0 Å². The molecule has 90 valence electrons. The fourth-order valence-corrected chi connectivity index (χ4v) is 1.77. The highest BCUT2D eigenvalue weighted by Crippen LogP contribution is 2.13. The number of rotatable bonds is 4. The highest BCUT2D eigenvalue weighted by Gasteiger charge is 2.08. The molecular weight excluding hydrogens is 242 g/mol. The van der Waals surface area contributed by atoms with Gasteiger partial charge in [-0.15, -0.1) is 15.3 Å². The molecule has 0 radical (unpaired) electrons. The van der Waals surface area contributed by atoms with Crippen molar-refractivity contribution >= 4 is 22.4 Å². The molecular formula is C8H11N7OS. The molecule has 0 aliphatic carbocycles. The first-order valence-electron chi connectivity index (χ1n) is 4.86. The summed E-state index contributed by atoms with van der Waals surface area (Å²) in [5, 5.41) is 19.0. The van der Waals surface area contributed by atoms with Gasteiger partial charge in [0.25, 0.3) is 0 Å². The van der Waals surface area contributed by atoms with Gasteiger partial charge in [-0.2, -0.15) is 0 Å². The third-order valence-electron chi connectivity index (χ3n) is 1.87. The minimum absolute atomic E-state index is 0.0750. The van der Waals surface area contributed by atoms with Crippen molar-refractivity contribution in [2.45, 2.75) is 20.0 Å². The van der Waals surface area contributed by atoms with Gasteiger partial charge >= 0.3 is 0 Å². The quantitative estimate of drug-likeness (QED) is 0.762. The van der Waals surface area contributed by atoms with Gasteiger partial charge in [-0.3, -0.25) is 10.1 Å². The third kappa shape index (κ3) is 3.04. The van der Waals surface area contributed by atoms with Gasteiger partial charge in [-0.25, -0.2) is 4.68 Å². The van der Waals surface area contributed by atoms with Gasteiger partial charge in [0.1, 0.15) is 11.6 Å². The van der Waals surface area contributed by atoms with E-state index in [1.165, 1.54) is 16.0 Å². The molecule has 0 bridgehead atoms. The molecule has 0 atom stereocenters. The Labute approximate surface area is 101 Å². The number of hydrogen-bond acceptors (Lipinski definition) is 7. The van der Waals surface area contributed by atoms with Crippen LogP contribution in [0.2, 0.25) is 0 Å². The van der Waals surface area contributed by atoms with Gasteiger partial charge in [-0.1, -0.05) is 16.6 Å². The number of hydrogen-bond donors (Lipinski definition) is 2. The Morgan fingerprint density at radius 1 is 1.53 bits per heavy atom. The summed E-state index contributed by atoms with van der Waals surface area (Å²) < 4.78 is 1.42. The van der Waals surface area contributed by atoms with Crippen LogP contribution in [0.4, 0.5) is 5.13 Å². The van der Waals surface area contributed by atoms with E-state index < -0.39 is 0 Å². The summed E-state index contributed by atoms with van der Waals surface area (Å²) >= 11 is 1.32. The van der Waals surface area contributed by atoms with Crippen molar-refractivity contribution in [3.8, 4) is 0 Å². The maximum Gasteiger partial charge on any atom is 0.247 e. The van der Waals surface area contributed by atoms with Crippen LogP contribution in [0.5, 0.6) is 0 Å². The monoisotopic (exact) mass is 253 g/mol. The lowest BCUT2D eigenvalue weighted by molar-refractivity contribution is -0.116. The molecule has 0 saturated heterocycles. The summed E-state index contributed by atoms with van der Waals surface area (Å²) in [4.78, 5) is 11.6. The van der Waals surface area contributed by atoms with Crippen molar-refractivity contribution < 1.29 is 4.79 Å². The van der Waals surface area contributed by atoms with Gasteiger partial charge in [0.15, 0.2) is 0 Å². The molecule has 2 rings (SSSR count). The Kier molecular flexibility index (Phi) is 3.40. The molecule has 0 unspecified atom stereocenters. The highest BCUT2D eigenvalue weighted by molar-refractivity contribution is 7.15. The van der Waals surface area contributed by atoms with Crippen molar-refractivity contribution in [1.29, 1.82) is 0 Å². The van der Waals surface area contributed by atoms with Crippen LogP contribution < -0.4 is 11.1 Å². The second-order valence-corrected chi connectivity index (χ2v) is 4.47. The van der Waals surface area contributed by atoms with E-state index in [1.54, 1.807) is 6.20 Å². The number of nitrogens with one attached hydrogen (secondary N) is 1. The van der Waals surface area contributed by atoms with Crippen LogP contribution in [0.25, 0.3) is 0 Å². The van der Waals surface area contributed by atoms with Crippen LogP contribution in [0.3, 0.4) is 0 Å². The molecule has 8 nitrogen and oxygen atoms in total. The Hall–Kier alpha value is -1.87.